The van der Waals surface area contributed by atoms with Gasteiger partial charge in [0.2, 0.25) is 15.9 Å². The number of carbonyl (C=O) groups is 2. The minimum atomic E-state index is -4.10. The first-order valence-corrected chi connectivity index (χ1v) is 12.8. The Hall–Kier alpha value is -2.25. The lowest BCUT2D eigenvalue weighted by Gasteiger charge is -2.33. The van der Waals surface area contributed by atoms with Crippen molar-refractivity contribution in [3.63, 3.8) is 0 Å². The van der Waals surface area contributed by atoms with Gasteiger partial charge in [-0.3, -0.25) is 9.59 Å². The highest BCUT2D eigenvalue weighted by atomic mass is 35.5. The largest absolute Gasteiger partial charge is 0.380 e. The van der Waals surface area contributed by atoms with E-state index in [2.05, 4.69) is 9.62 Å². The van der Waals surface area contributed by atoms with Crippen LogP contribution >= 0.6 is 23.2 Å². The van der Waals surface area contributed by atoms with Gasteiger partial charge in [-0.2, -0.15) is 0 Å². The van der Waals surface area contributed by atoms with E-state index in [9.17, 15) is 28.2 Å². The van der Waals surface area contributed by atoms with Gasteiger partial charge in [-0.05, 0) is 48.0 Å². The van der Waals surface area contributed by atoms with Gasteiger partial charge in [0.25, 0.3) is 5.91 Å². The Morgan fingerprint density at radius 3 is 2.57 bits per heavy atom. The summed E-state index contributed by atoms with van der Waals surface area (Å²) in [6.45, 7) is 0.731. The van der Waals surface area contributed by atoms with E-state index in [1.807, 2.05) is 13.1 Å². The van der Waals surface area contributed by atoms with Gasteiger partial charge in [0.1, 0.15) is 0 Å². The molecular formula is C22H26Cl2N4O6S. The number of amides is 2. The molecule has 0 radical (unpaired) electrons. The van der Waals surface area contributed by atoms with Crippen LogP contribution in [0.4, 0.5) is 0 Å². The fourth-order valence-electron chi connectivity index (χ4n) is 4.12. The number of benzene rings is 2. The molecule has 3 atom stereocenters. The molecule has 0 spiro atoms. The first kappa shape index (κ1) is 27.3. The smallest absolute Gasteiger partial charge is 0.252 e. The fourth-order valence-corrected chi connectivity index (χ4v) is 5.77. The number of aliphatic hydroxyl groups excluding tert-OH is 1. The van der Waals surface area contributed by atoms with Gasteiger partial charge in [0.15, 0.2) is 11.7 Å². The number of fused-ring (bicyclic) bond motifs is 1. The third-order valence-electron chi connectivity index (χ3n) is 6.01. The van der Waals surface area contributed by atoms with Crippen molar-refractivity contribution < 1.29 is 28.2 Å². The molecule has 0 fully saturated rings. The number of aliphatic hydroxyl groups is 2. The molecule has 1 aliphatic heterocycles. The SMILES string of the molecule is CN1Cc2c(Cl)cc(Cl)cc2C(c2cccc(S(=O)(=O)NCCC(O)(C(N)=O)C(O)C(N)=O)c2)C1. The highest BCUT2D eigenvalue weighted by Crippen LogP contribution is 2.38. The average molecular weight is 545 g/mol. The molecule has 0 bridgehead atoms. The molecule has 0 saturated heterocycles. The molecule has 1 aliphatic rings. The highest BCUT2D eigenvalue weighted by Gasteiger charge is 2.44. The van der Waals surface area contributed by atoms with Crippen molar-refractivity contribution in [2.24, 2.45) is 11.5 Å². The third kappa shape index (κ3) is 5.78. The lowest BCUT2D eigenvalue weighted by Crippen LogP contribution is -2.59. The van der Waals surface area contributed by atoms with Gasteiger partial charge in [0, 0.05) is 42.0 Å². The number of sulfonamides is 1. The van der Waals surface area contributed by atoms with Crippen LogP contribution in [0.5, 0.6) is 0 Å². The van der Waals surface area contributed by atoms with Crippen molar-refractivity contribution in [3.8, 4) is 0 Å². The summed E-state index contributed by atoms with van der Waals surface area (Å²) in [4.78, 5) is 24.8. The van der Waals surface area contributed by atoms with Crippen molar-refractivity contribution >= 4 is 45.0 Å². The lowest BCUT2D eigenvalue weighted by molar-refractivity contribution is -0.159. The quantitative estimate of drug-likeness (QED) is 0.301. The second-order valence-electron chi connectivity index (χ2n) is 8.52. The first-order valence-electron chi connectivity index (χ1n) is 10.5. The molecule has 7 N–H and O–H groups in total. The van der Waals surface area contributed by atoms with Crippen molar-refractivity contribution in [1.82, 2.24) is 9.62 Å². The number of likely N-dealkylation sites (N-methyl/N-ethyl adjacent to an activating group) is 1. The molecule has 1 heterocycles. The van der Waals surface area contributed by atoms with Crippen LogP contribution in [0.3, 0.4) is 0 Å². The maximum absolute atomic E-state index is 12.9. The summed E-state index contributed by atoms with van der Waals surface area (Å²) in [7, 11) is -2.17. The van der Waals surface area contributed by atoms with Gasteiger partial charge >= 0.3 is 0 Å². The molecule has 13 heteroatoms. The van der Waals surface area contributed by atoms with Crippen LogP contribution in [-0.2, 0) is 26.2 Å². The number of rotatable bonds is 9. The van der Waals surface area contributed by atoms with Gasteiger partial charge in [-0.1, -0.05) is 35.3 Å². The van der Waals surface area contributed by atoms with Crippen LogP contribution in [-0.4, -0.2) is 67.2 Å². The summed E-state index contributed by atoms with van der Waals surface area (Å²) in [6, 6.07) is 9.81. The number of nitrogens with zero attached hydrogens (tertiary/aromatic N) is 1. The second-order valence-corrected chi connectivity index (χ2v) is 11.1. The Morgan fingerprint density at radius 1 is 1.26 bits per heavy atom. The number of hydrogen-bond acceptors (Lipinski definition) is 7. The average Bonchev–Trinajstić information content (AvgIpc) is 2.78. The molecule has 35 heavy (non-hydrogen) atoms. The molecule has 0 saturated carbocycles. The summed E-state index contributed by atoms with van der Waals surface area (Å²) in [5.74, 6) is -2.98. The molecule has 2 aromatic carbocycles. The third-order valence-corrected chi connectivity index (χ3v) is 8.02. The van der Waals surface area contributed by atoms with E-state index in [0.29, 0.717) is 23.1 Å². The van der Waals surface area contributed by atoms with Crippen LogP contribution in [0.15, 0.2) is 41.3 Å². The van der Waals surface area contributed by atoms with Gasteiger partial charge in [0.05, 0.1) is 4.90 Å². The van der Waals surface area contributed by atoms with Crippen LogP contribution < -0.4 is 16.2 Å². The van der Waals surface area contributed by atoms with E-state index >= 15 is 0 Å². The van der Waals surface area contributed by atoms with Gasteiger partial charge < -0.3 is 26.6 Å². The normalized spacial score (nSPS) is 18.9. The van der Waals surface area contributed by atoms with E-state index in [-0.39, 0.29) is 10.8 Å². The zero-order valence-corrected chi connectivity index (χ0v) is 21.1. The fraction of sp³-hybridized carbons (Fsp3) is 0.364. The summed E-state index contributed by atoms with van der Waals surface area (Å²) in [6.07, 6.45) is -2.97. The Morgan fingerprint density at radius 2 is 1.94 bits per heavy atom. The van der Waals surface area contributed by atoms with Crippen molar-refractivity contribution in [3.05, 3.63) is 63.1 Å². The summed E-state index contributed by atoms with van der Waals surface area (Å²) in [5, 5.41) is 21.1. The lowest BCUT2D eigenvalue weighted by atomic mass is 9.85. The summed E-state index contributed by atoms with van der Waals surface area (Å²) >= 11 is 12.6. The standard InChI is InChI=1S/C22H26Cl2N4O6S/c1-28-10-16(15-8-13(23)9-18(24)17(15)11-28)12-3-2-4-14(7-12)35(33,34)27-6-5-22(32,21(26)31)19(29)20(25)30/h2-4,7-9,16,19,27,29,32H,5-6,10-11H2,1H3,(H2,25,30)(H2,26,31). The minimum absolute atomic E-state index is 0.0593. The predicted molar refractivity (Wildman–Crippen MR) is 130 cm³/mol. The zero-order chi connectivity index (χ0) is 26.1. The van der Waals surface area contributed by atoms with E-state index in [1.54, 1.807) is 18.2 Å². The molecule has 0 aromatic heterocycles. The topological polar surface area (TPSA) is 176 Å². The molecule has 0 aliphatic carbocycles. The number of halogens is 2. The Kier molecular flexibility index (Phi) is 8.12. The number of primary amides is 2. The molecule has 3 rings (SSSR count). The second kappa shape index (κ2) is 10.4. The van der Waals surface area contributed by atoms with Crippen LogP contribution in [0, 0.1) is 0 Å². The monoisotopic (exact) mass is 544 g/mol. The van der Waals surface area contributed by atoms with E-state index in [1.165, 1.54) is 12.1 Å². The molecular weight excluding hydrogens is 519 g/mol. The predicted octanol–water partition coefficient (Wildman–Crippen LogP) is 0.302. The summed E-state index contributed by atoms with van der Waals surface area (Å²) < 4.78 is 28.1. The molecule has 2 aromatic rings. The highest BCUT2D eigenvalue weighted by molar-refractivity contribution is 7.89. The van der Waals surface area contributed by atoms with Crippen LogP contribution in [0.2, 0.25) is 10.0 Å². The van der Waals surface area contributed by atoms with E-state index in [4.69, 9.17) is 34.7 Å². The minimum Gasteiger partial charge on any atom is -0.380 e. The van der Waals surface area contributed by atoms with Crippen LogP contribution in [0.25, 0.3) is 0 Å². The van der Waals surface area contributed by atoms with Crippen LogP contribution in [0.1, 0.15) is 29.0 Å². The number of hydrogen-bond donors (Lipinski definition) is 5. The number of nitrogens with two attached hydrogens (primary N) is 2. The van der Waals surface area contributed by atoms with Crippen molar-refractivity contribution in [2.45, 2.75) is 35.5 Å². The Balaban J connectivity index is 1.85. The molecule has 3 unspecified atom stereocenters. The Bertz CT molecular complexity index is 1260. The Labute approximate surface area is 212 Å². The molecule has 190 valence electrons. The van der Waals surface area contributed by atoms with Gasteiger partial charge in [-0.25, -0.2) is 13.1 Å². The van der Waals surface area contributed by atoms with E-state index < -0.39 is 46.5 Å². The van der Waals surface area contributed by atoms with Gasteiger partial charge in [-0.15, -0.1) is 0 Å². The number of carbonyl (C=O) groups excluding carboxylic acids is 2. The summed E-state index contributed by atoms with van der Waals surface area (Å²) in [5.41, 5.74) is 9.85. The molecule has 10 nitrogen and oxygen atoms in total. The zero-order valence-electron chi connectivity index (χ0n) is 18.7. The van der Waals surface area contributed by atoms with Crippen molar-refractivity contribution in [1.29, 1.82) is 0 Å². The first-order chi connectivity index (χ1) is 16.3. The maximum atomic E-state index is 12.9. The maximum Gasteiger partial charge on any atom is 0.252 e. The van der Waals surface area contributed by atoms with E-state index in [0.717, 1.165) is 16.7 Å². The molecule has 2 amide bonds. The van der Waals surface area contributed by atoms with Crippen molar-refractivity contribution in [2.75, 3.05) is 20.1 Å². The number of nitrogens with one attached hydrogen (secondary N) is 1.